The second-order valence-electron chi connectivity index (χ2n) is 9.20. The van der Waals surface area contributed by atoms with Gasteiger partial charge in [0.05, 0.1) is 23.0 Å². The third-order valence-electron chi connectivity index (χ3n) is 5.66. The van der Waals surface area contributed by atoms with Crippen LogP contribution in [0.1, 0.15) is 35.8 Å². The lowest BCUT2D eigenvalue weighted by Gasteiger charge is -2.13. The van der Waals surface area contributed by atoms with Crippen LogP contribution in [-0.2, 0) is 16.9 Å². The molecule has 4 N–H and O–H groups in total. The first-order valence-electron chi connectivity index (χ1n) is 11.7. The van der Waals surface area contributed by atoms with E-state index in [4.69, 9.17) is 15.5 Å². The predicted octanol–water partition coefficient (Wildman–Crippen LogP) is 3.69. The van der Waals surface area contributed by atoms with Crippen LogP contribution in [0, 0.1) is 0 Å². The molecule has 1 unspecified atom stereocenters. The zero-order valence-corrected chi connectivity index (χ0v) is 21.9. The maximum absolute atomic E-state index is 12.4. The van der Waals surface area contributed by atoms with E-state index in [9.17, 15) is 13.2 Å². The number of rotatable bonds is 9. The van der Waals surface area contributed by atoms with E-state index in [-0.39, 0.29) is 11.4 Å². The van der Waals surface area contributed by atoms with Crippen LogP contribution < -0.4 is 21.1 Å². The number of imidazole rings is 1. The number of nitrogens with zero attached hydrogens (tertiary/aromatic N) is 3. The lowest BCUT2D eigenvalue weighted by Crippen LogP contribution is -2.46. The van der Waals surface area contributed by atoms with E-state index < -0.39 is 21.9 Å². The molecule has 0 spiro atoms. The number of hydrogen-bond donors (Lipinski definition) is 3. The molecule has 2 heterocycles. The van der Waals surface area contributed by atoms with Crippen LogP contribution in [0.5, 0.6) is 11.5 Å². The monoisotopic (exact) mass is 522 g/mol. The number of nitrogens with one attached hydrogen (secondary N) is 2. The van der Waals surface area contributed by atoms with Crippen LogP contribution in [0.15, 0.2) is 60.8 Å². The van der Waals surface area contributed by atoms with Gasteiger partial charge in [-0.3, -0.25) is 9.78 Å². The number of amides is 1. The first-order valence-corrected chi connectivity index (χ1v) is 13.8. The lowest BCUT2D eigenvalue weighted by atomic mass is 10.0. The van der Waals surface area contributed by atoms with Crippen molar-refractivity contribution in [3.05, 3.63) is 72.1 Å². The Labute approximate surface area is 215 Å². The SMILES string of the molecule is CC(C)c1cccc(Nc2nc3cc(Oc4ccnc(C(=O)NC(N)CS(C)(=O)=O)c4)ccc3n2C)c1. The Morgan fingerprint density at radius 2 is 1.86 bits per heavy atom. The van der Waals surface area contributed by atoms with Crippen LogP contribution in [-0.4, -0.2) is 47.0 Å². The molecule has 1 amide bonds. The van der Waals surface area contributed by atoms with Gasteiger partial charge in [0.2, 0.25) is 5.95 Å². The Kier molecular flexibility index (Phi) is 7.46. The highest BCUT2D eigenvalue weighted by Gasteiger charge is 2.17. The molecule has 0 aliphatic heterocycles. The normalized spacial score (nSPS) is 12.5. The number of carbonyl (C=O) groups is 1. The first kappa shape index (κ1) is 26.1. The second-order valence-corrected chi connectivity index (χ2v) is 11.4. The smallest absolute Gasteiger partial charge is 0.271 e. The summed E-state index contributed by atoms with van der Waals surface area (Å²) in [6.45, 7) is 4.31. The number of aryl methyl sites for hydroxylation is 1. The number of benzene rings is 2. The summed E-state index contributed by atoms with van der Waals surface area (Å²) in [4.78, 5) is 21.2. The number of sulfone groups is 1. The van der Waals surface area contributed by atoms with E-state index in [1.165, 1.54) is 17.8 Å². The molecule has 2 aromatic carbocycles. The first-order chi connectivity index (χ1) is 17.5. The number of aromatic nitrogens is 3. The van der Waals surface area contributed by atoms with E-state index in [0.717, 1.165) is 23.0 Å². The van der Waals surface area contributed by atoms with Gasteiger partial charge in [-0.25, -0.2) is 13.4 Å². The lowest BCUT2D eigenvalue weighted by molar-refractivity contribution is 0.0936. The fourth-order valence-electron chi connectivity index (χ4n) is 3.80. The van der Waals surface area contributed by atoms with Gasteiger partial charge < -0.3 is 25.7 Å². The van der Waals surface area contributed by atoms with Crippen LogP contribution in [0.4, 0.5) is 11.6 Å². The molecule has 0 saturated heterocycles. The highest BCUT2D eigenvalue weighted by atomic mass is 32.2. The van der Waals surface area contributed by atoms with Gasteiger partial charge in [-0.2, -0.15) is 0 Å². The summed E-state index contributed by atoms with van der Waals surface area (Å²) in [5.74, 6) is 1.06. The molecule has 11 heteroatoms. The molecule has 0 fully saturated rings. The molecule has 4 aromatic rings. The molecule has 0 bridgehead atoms. The topological polar surface area (TPSA) is 141 Å². The molecule has 4 rings (SSSR count). The summed E-state index contributed by atoms with van der Waals surface area (Å²) in [5, 5.41) is 5.81. The summed E-state index contributed by atoms with van der Waals surface area (Å²) in [6.07, 6.45) is 1.43. The number of nitrogens with two attached hydrogens (primary N) is 1. The minimum atomic E-state index is -3.34. The van der Waals surface area contributed by atoms with E-state index in [1.54, 1.807) is 6.07 Å². The number of hydrogen-bond acceptors (Lipinski definition) is 8. The fraction of sp³-hybridized carbons (Fsp3) is 0.269. The van der Waals surface area contributed by atoms with Gasteiger partial charge in [0, 0.05) is 37.3 Å². The van der Waals surface area contributed by atoms with Crippen molar-refractivity contribution in [2.75, 3.05) is 17.3 Å². The minimum Gasteiger partial charge on any atom is -0.457 e. The predicted molar refractivity (Wildman–Crippen MR) is 144 cm³/mol. The Balaban J connectivity index is 1.50. The third-order valence-corrected chi connectivity index (χ3v) is 6.62. The van der Waals surface area contributed by atoms with Crippen LogP contribution in [0.2, 0.25) is 0 Å². The van der Waals surface area contributed by atoms with Gasteiger partial charge in [0.25, 0.3) is 5.91 Å². The van der Waals surface area contributed by atoms with Crippen molar-refractivity contribution in [1.29, 1.82) is 0 Å². The highest BCUT2D eigenvalue weighted by molar-refractivity contribution is 7.90. The average Bonchev–Trinajstić information content (AvgIpc) is 3.12. The van der Waals surface area contributed by atoms with Crippen LogP contribution >= 0.6 is 0 Å². The summed E-state index contributed by atoms with van der Waals surface area (Å²) in [6, 6.07) is 16.9. The maximum Gasteiger partial charge on any atom is 0.271 e. The zero-order chi connectivity index (χ0) is 26.7. The molecule has 194 valence electrons. The summed E-state index contributed by atoms with van der Waals surface area (Å²) >= 11 is 0. The number of carbonyl (C=O) groups excluding carboxylic acids is 1. The molecular formula is C26H30N6O4S. The van der Waals surface area contributed by atoms with Crippen molar-refractivity contribution >= 4 is 38.4 Å². The summed E-state index contributed by atoms with van der Waals surface area (Å²) in [7, 11) is -1.40. The van der Waals surface area contributed by atoms with Crippen LogP contribution in [0.25, 0.3) is 11.0 Å². The van der Waals surface area contributed by atoms with E-state index in [0.29, 0.717) is 23.4 Å². The number of ether oxygens (including phenoxy) is 1. The van der Waals surface area contributed by atoms with E-state index in [1.807, 2.05) is 41.9 Å². The Hall–Kier alpha value is -3.96. The number of fused-ring (bicyclic) bond motifs is 1. The molecular weight excluding hydrogens is 492 g/mol. The molecule has 0 aliphatic rings. The third kappa shape index (κ3) is 6.63. The van der Waals surface area contributed by atoms with Crippen molar-refractivity contribution in [3.63, 3.8) is 0 Å². The fourth-order valence-corrected chi connectivity index (χ4v) is 4.54. The molecule has 0 saturated carbocycles. The highest BCUT2D eigenvalue weighted by Crippen LogP contribution is 2.29. The Morgan fingerprint density at radius 3 is 2.59 bits per heavy atom. The van der Waals surface area contributed by atoms with Gasteiger partial charge in [-0.15, -0.1) is 0 Å². The van der Waals surface area contributed by atoms with Crippen molar-refractivity contribution in [2.24, 2.45) is 12.8 Å². The number of pyridine rings is 1. The maximum atomic E-state index is 12.4. The van der Waals surface area contributed by atoms with Crippen LogP contribution in [0.3, 0.4) is 0 Å². The van der Waals surface area contributed by atoms with E-state index >= 15 is 0 Å². The molecule has 2 aromatic heterocycles. The Morgan fingerprint density at radius 1 is 1.11 bits per heavy atom. The van der Waals surface area contributed by atoms with Gasteiger partial charge in [0.15, 0.2) is 9.84 Å². The molecule has 0 aliphatic carbocycles. The quantitative estimate of drug-likeness (QED) is 0.283. The van der Waals surface area contributed by atoms with Crippen molar-refractivity contribution in [2.45, 2.75) is 25.9 Å². The summed E-state index contributed by atoms with van der Waals surface area (Å²) < 4.78 is 30.7. The van der Waals surface area contributed by atoms with Crippen molar-refractivity contribution in [1.82, 2.24) is 19.9 Å². The molecule has 37 heavy (non-hydrogen) atoms. The molecule has 0 radical (unpaired) electrons. The van der Waals surface area contributed by atoms with Crippen molar-refractivity contribution < 1.29 is 17.9 Å². The van der Waals surface area contributed by atoms with E-state index in [2.05, 4.69) is 41.6 Å². The minimum absolute atomic E-state index is 0.0514. The van der Waals surface area contributed by atoms with Gasteiger partial charge >= 0.3 is 0 Å². The van der Waals surface area contributed by atoms with Gasteiger partial charge in [0.1, 0.15) is 17.2 Å². The average molecular weight is 523 g/mol. The van der Waals surface area contributed by atoms with Crippen molar-refractivity contribution in [3.8, 4) is 11.5 Å². The number of anilines is 2. The Bertz CT molecular complexity index is 1550. The second kappa shape index (κ2) is 10.6. The standard InChI is InChI=1S/C26H30N6O4S/c1-16(2)17-6-5-7-18(12-17)29-26-30-21-13-19(8-9-23(21)32(26)3)36-20-10-11-28-22(14-20)25(33)31-24(27)15-37(4,34)35/h5-14,16,24H,15,27H2,1-4H3,(H,29,30)(H,31,33). The molecule has 10 nitrogen and oxygen atoms in total. The zero-order valence-electron chi connectivity index (χ0n) is 21.1. The molecule has 1 atom stereocenters. The van der Waals surface area contributed by atoms with Gasteiger partial charge in [-0.1, -0.05) is 26.0 Å². The summed E-state index contributed by atoms with van der Waals surface area (Å²) in [5.41, 5.74) is 9.62. The largest absolute Gasteiger partial charge is 0.457 e. The van der Waals surface area contributed by atoms with Gasteiger partial charge in [-0.05, 0) is 41.8 Å².